The van der Waals surface area contributed by atoms with Gasteiger partial charge in [-0.25, -0.2) is 0 Å². The first-order valence-corrected chi connectivity index (χ1v) is 13.6. The van der Waals surface area contributed by atoms with Crippen molar-refractivity contribution in [2.24, 2.45) is 0 Å². The Kier molecular flexibility index (Phi) is 9.27. The van der Waals surface area contributed by atoms with Crippen molar-refractivity contribution in [3.8, 4) is 11.5 Å². The molecule has 196 valence electrons. The summed E-state index contributed by atoms with van der Waals surface area (Å²) >= 11 is 22.3. The van der Waals surface area contributed by atoms with Crippen LogP contribution in [0.3, 0.4) is 0 Å². The maximum Gasteiger partial charge on any atom is 0.294 e. The van der Waals surface area contributed by atoms with Gasteiger partial charge in [0.25, 0.3) is 11.1 Å². The molecule has 3 aromatic carbocycles. The molecule has 1 heterocycles. The van der Waals surface area contributed by atoms with Gasteiger partial charge in [0.15, 0.2) is 11.5 Å². The lowest BCUT2D eigenvalue weighted by molar-refractivity contribution is -0.127. The van der Waals surface area contributed by atoms with Gasteiger partial charge >= 0.3 is 0 Å². The van der Waals surface area contributed by atoms with Gasteiger partial charge in [-0.05, 0) is 81.3 Å². The van der Waals surface area contributed by atoms with Gasteiger partial charge in [0.2, 0.25) is 5.91 Å². The highest BCUT2D eigenvalue weighted by molar-refractivity contribution is 9.10. The summed E-state index contributed by atoms with van der Waals surface area (Å²) in [5, 5.41) is 3.27. The fourth-order valence-corrected chi connectivity index (χ4v) is 5.35. The summed E-state index contributed by atoms with van der Waals surface area (Å²) < 4.78 is 12.0. The van der Waals surface area contributed by atoms with Crippen LogP contribution in [0.5, 0.6) is 11.5 Å². The van der Waals surface area contributed by atoms with Gasteiger partial charge in [0.1, 0.15) is 13.2 Å². The zero-order valence-electron chi connectivity index (χ0n) is 19.6. The summed E-state index contributed by atoms with van der Waals surface area (Å²) in [5.74, 6) is -0.275. The van der Waals surface area contributed by atoms with Crippen molar-refractivity contribution in [2.45, 2.75) is 6.61 Å². The highest BCUT2D eigenvalue weighted by atomic mass is 79.9. The van der Waals surface area contributed by atoms with Crippen molar-refractivity contribution in [2.75, 3.05) is 19.0 Å². The molecule has 0 saturated carbocycles. The number of para-hydroxylation sites is 1. The zero-order valence-corrected chi connectivity index (χ0v) is 24.3. The molecule has 3 amide bonds. The molecule has 0 bridgehead atoms. The van der Waals surface area contributed by atoms with Crippen LogP contribution >= 0.6 is 62.5 Å². The topological polar surface area (TPSA) is 84.9 Å². The maximum atomic E-state index is 12.9. The van der Waals surface area contributed by atoms with E-state index in [0.717, 1.165) is 22.2 Å². The molecule has 0 spiro atoms. The van der Waals surface area contributed by atoms with Crippen LogP contribution in [0.2, 0.25) is 15.1 Å². The molecule has 12 heteroatoms. The third-order valence-electron chi connectivity index (χ3n) is 5.24. The van der Waals surface area contributed by atoms with Gasteiger partial charge in [-0.2, -0.15) is 0 Å². The van der Waals surface area contributed by atoms with Gasteiger partial charge in [-0.3, -0.25) is 19.3 Å². The number of halogens is 4. The first-order valence-electron chi connectivity index (χ1n) is 10.9. The molecule has 1 aliphatic heterocycles. The van der Waals surface area contributed by atoms with Gasteiger partial charge in [-0.15, -0.1) is 0 Å². The number of methoxy groups -OCH3 is 1. The van der Waals surface area contributed by atoms with Crippen molar-refractivity contribution in [3.63, 3.8) is 0 Å². The van der Waals surface area contributed by atoms with Crippen LogP contribution in [0.15, 0.2) is 64.0 Å². The predicted octanol–water partition coefficient (Wildman–Crippen LogP) is 7.67. The number of carbonyl (C=O) groups excluding carboxylic acids is 3. The molecule has 7 nitrogen and oxygen atoms in total. The van der Waals surface area contributed by atoms with E-state index in [-0.39, 0.29) is 11.5 Å². The standard InChI is InChI=1S/C26H18BrCl3N2O5S/c1-36-21-10-15(8-16(27)24(21)37-13-14-6-7-17(28)19(30)9-14)11-22-25(34)32(26(35)38-22)12-23(33)31-20-5-3-2-4-18(20)29/h2-11H,12-13H2,1H3,(H,31,33)/b22-11+. The van der Waals surface area contributed by atoms with Gasteiger partial charge in [0, 0.05) is 0 Å². The number of thioether (sulfide) groups is 1. The third-order valence-corrected chi connectivity index (χ3v) is 7.81. The maximum absolute atomic E-state index is 12.9. The molecule has 1 N–H and O–H groups in total. The van der Waals surface area contributed by atoms with Gasteiger partial charge in [-0.1, -0.05) is 53.0 Å². The summed E-state index contributed by atoms with van der Waals surface area (Å²) in [7, 11) is 1.49. The molecule has 0 radical (unpaired) electrons. The van der Waals surface area contributed by atoms with Crippen LogP contribution in [-0.4, -0.2) is 35.6 Å². The Balaban J connectivity index is 1.47. The first-order chi connectivity index (χ1) is 18.2. The summed E-state index contributed by atoms with van der Waals surface area (Å²) in [6.07, 6.45) is 1.55. The molecule has 1 saturated heterocycles. The number of benzene rings is 3. The Morgan fingerprint density at radius 1 is 1.05 bits per heavy atom. The molecule has 38 heavy (non-hydrogen) atoms. The average molecular weight is 657 g/mol. The summed E-state index contributed by atoms with van der Waals surface area (Å²) in [6, 6.07) is 15.3. The predicted molar refractivity (Wildman–Crippen MR) is 154 cm³/mol. The number of nitrogens with zero attached hydrogens (tertiary/aromatic N) is 1. The second-order valence-electron chi connectivity index (χ2n) is 7.87. The molecule has 1 fully saturated rings. The second-order valence-corrected chi connectivity index (χ2v) is 10.9. The van der Waals surface area contributed by atoms with E-state index in [9.17, 15) is 14.4 Å². The number of amides is 3. The summed E-state index contributed by atoms with van der Waals surface area (Å²) in [4.78, 5) is 38.9. The highest BCUT2D eigenvalue weighted by Crippen LogP contribution is 2.39. The van der Waals surface area contributed by atoms with E-state index in [1.165, 1.54) is 7.11 Å². The van der Waals surface area contributed by atoms with E-state index in [4.69, 9.17) is 44.3 Å². The van der Waals surface area contributed by atoms with E-state index < -0.39 is 23.6 Å². The molecular weight excluding hydrogens is 639 g/mol. The Labute approximate surface area is 246 Å². The lowest BCUT2D eigenvalue weighted by Crippen LogP contribution is -2.36. The third kappa shape index (κ3) is 6.65. The molecule has 0 unspecified atom stereocenters. The second kappa shape index (κ2) is 12.4. The van der Waals surface area contributed by atoms with E-state index in [0.29, 0.717) is 42.3 Å². The summed E-state index contributed by atoms with van der Waals surface area (Å²) in [5.41, 5.74) is 1.78. The molecule has 1 aliphatic rings. The smallest absolute Gasteiger partial charge is 0.294 e. The molecule has 0 aliphatic carbocycles. The van der Waals surface area contributed by atoms with E-state index in [2.05, 4.69) is 21.2 Å². The van der Waals surface area contributed by atoms with Crippen LogP contribution in [0, 0.1) is 0 Å². The van der Waals surface area contributed by atoms with Crippen molar-refractivity contribution in [1.29, 1.82) is 0 Å². The number of imide groups is 1. The first kappa shape index (κ1) is 28.3. The molecule has 0 atom stereocenters. The van der Waals surface area contributed by atoms with Gasteiger partial charge in [0.05, 0.1) is 37.2 Å². The Bertz CT molecular complexity index is 1470. The monoisotopic (exact) mass is 654 g/mol. The van der Waals surface area contributed by atoms with E-state index >= 15 is 0 Å². The van der Waals surface area contributed by atoms with Crippen LogP contribution in [0.25, 0.3) is 6.08 Å². The number of anilines is 1. The fraction of sp³-hybridized carbons (Fsp3) is 0.115. The quantitative estimate of drug-likeness (QED) is 0.251. The number of rotatable bonds is 8. The number of hydrogen-bond acceptors (Lipinski definition) is 6. The molecule has 0 aromatic heterocycles. The lowest BCUT2D eigenvalue weighted by atomic mass is 10.1. The van der Waals surface area contributed by atoms with Crippen molar-refractivity contribution in [1.82, 2.24) is 4.90 Å². The van der Waals surface area contributed by atoms with Crippen molar-refractivity contribution >= 4 is 91.3 Å². The number of ether oxygens (including phenoxy) is 2. The minimum atomic E-state index is -0.579. The van der Waals surface area contributed by atoms with E-state index in [1.807, 2.05) is 0 Å². The average Bonchev–Trinajstić information content (AvgIpc) is 3.13. The Morgan fingerprint density at radius 2 is 1.82 bits per heavy atom. The molecule has 4 rings (SSSR count). The van der Waals surface area contributed by atoms with Crippen molar-refractivity contribution < 1.29 is 23.9 Å². The zero-order chi connectivity index (χ0) is 27.4. The van der Waals surface area contributed by atoms with E-state index in [1.54, 1.807) is 60.7 Å². The fourth-order valence-electron chi connectivity index (χ4n) is 3.43. The molecular formula is C26H18BrCl3N2O5S. The van der Waals surface area contributed by atoms with Crippen LogP contribution in [0.4, 0.5) is 10.5 Å². The van der Waals surface area contributed by atoms with Crippen LogP contribution < -0.4 is 14.8 Å². The van der Waals surface area contributed by atoms with Crippen LogP contribution in [0.1, 0.15) is 11.1 Å². The largest absolute Gasteiger partial charge is 0.493 e. The SMILES string of the molecule is COc1cc(/C=C2/SC(=O)N(CC(=O)Nc3ccccc3Cl)C2=O)cc(Br)c1OCc1ccc(Cl)c(Cl)c1. The normalized spacial score (nSPS) is 14.2. The number of hydrogen-bond donors (Lipinski definition) is 1. The minimum Gasteiger partial charge on any atom is -0.493 e. The Hall–Kier alpha value is -2.69. The van der Waals surface area contributed by atoms with Crippen molar-refractivity contribution in [3.05, 3.63) is 90.2 Å². The molecule has 3 aromatic rings. The number of nitrogens with one attached hydrogen (secondary N) is 1. The Morgan fingerprint density at radius 3 is 2.53 bits per heavy atom. The summed E-state index contributed by atoms with van der Waals surface area (Å²) in [6.45, 7) is -0.234. The van der Waals surface area contributed by atoms with Crippen LogP contribution in [-0.2, 0) is 16.2 Å². The minimum absolute atomic E-state index is 0.166. The highest BCUT2D eigenvalue weighted by Gasteiger charge is 2.36. The number of carbonyl (C=O) groups is 3. The lowest BCUT2D eigenvalue weighted by Gasteiger charge is -2.14. The van der Waals surface area contributed by atoms with Gasteiger partial charge < -0.3 is 14.8 Å².